The predicted molar refractivity (Wildman–Crippen MR) is 94.0 cm³/mol. The summed E-state index contributed by atoms with van der Waals surface area (Å²) in [6, 6.07) is 0.0854. The summed E-state index contributed by atoms with van der Waals surface area (Å²) in [7, 11) is -3.14. The van der Waals surface area contributed by atoms with Crippen molar-refractivity contribution in [2.24, 2.45) is 4.99 Å². The predicted octanol–water partition coefficient (Wildman–Crippen LogP) is 1.01. The van der Waals surface area contributed by atoms with Gasteiger partial charge in [-0.3, -0.25) is 0 Å². The lowest BCUT2D eigenvalue weighted by Gasteiger charge is -2.39. The van der Waals surface area contributed by atoms with Crippen LogP contribution in [0.3, 0.4) is 0 Å². The molecule has 0 N–H and O–H groups in total. The molecule has 0 radical (unpaired) electrons. The van der Waals surface area contributed by atoms with Gasteiger partial charge in [0.1, 0.15) is 5.67 Å². The van der Waals surface area contributed by atoms with Crippen LogP contribution in [0.4, 0.5) is 0 Å². The molecular weight excluding hydrogens is 360 g/mol. The minimum absolute atomic E-state index is 0.0854. The topological polar surface area (TPSA) is 95.9 Å². The summed E-state index contributed by atoms with van der Waals surface area (Å²) in [5, 5.41) is 0. The van der Waals surface area contributed by atoms with Gasteiger partial charge in [0, 0.05) is 32.0 Å². The van der Waals surface area contributed by atoms with Crippen molar-refractivity contribution in [2.75, 3.05) is 26.4 Å². The number of carbonyl (C=O) groups excluding carboxylic acids is 2. The molecule has 2 unspecified atom stereocenters. The van der Waals surface area contributed by atoms with Crippen molar-refractivity contribution in [2.45, 2.75) is 46.0 Å². The summed E-state index contributed by atoms with van der Waals surface area (Å²) in [4.78, 5) is 29.6. The SMILES string of the molecule is CCO[Si](OCC)(OCC)C(CC)N1CC2N=C1OC(=O)/C=C\C(=O)O2. The number of aliphatic imine (C=N–C) groups is 1. The van der Waals surface area contributed by atoms with Crippen molar-refractivity contribution in [3.8, 4) is 0 Å². The van der Waals surface area contributed by atoms with Crippen LogP contribution in [-0.4, -0.2) is 69.9 Å². The van der Waals surface area contributed by atoms with Crippen LogP contribution < -0.4 is 0 Å². The lowest BCUT2D eigenvalue weighted by atomic mass is 10.4. The Hall–Kier alpha value is -1.75. The third-order valence-corrected chi connectivity index (χ3v) is 7.47. The molecule has 2 bridgehead atoms. The maximum absolute atomic E-state index is 11.9. The van der Waals surface area contributed by atoms with E-state index in [1.807, 2.05) is 27.7 Å². The number of fused-ring (bicyclic) bond motifs is 1. The van der Waals surface area contributed by atoms with E-state index in [9.17, 15) is 9.59 Å². The van der Waals surface area contributed by atoms with Gasteiger partial charge in [-0.1, -0.05) is 6.92 Å². The molecule has 0 aliphatic carbocycles. The number of ether oxygens (including phenoxy) is 2. The quantitative estimate of drug-likeness (QED) is 0.428. The fraction of sp³-hybridized carbons (Fsp3) is 0.688. The first-order valence-corrected chi connectivity index (χ1v) is 10.7. The molecule has 2 heterocycles. The lowest BCUT2D eigenvalue weighted by molar-refractivity contribution is -0.143. The summed E-state index contributed by atoms with van der Waals surface area (Å²) in [6.07, 6.45) is 1.89. The maximum atomic E-state index is 11.9. The molecule has 2 atom stereocenters. The molecule has 0 aromatic carbocycles. The zero-order chi connectivity index (χ0) is 19.2. The van der Waals surface area contributed by atoms with Crippen molar-refractivity contribution >= 4 is 26.8 Å². The molecule has 2 aliphatic rings. The molecule has 0 aromatic heterocycles. The van der Waals surface area contributed by atoms with Crippen LogP contribution in [0.2, 0.25) is 0 Å². The van der Waals surface area contributed by atoms with Gasteiger partial charge in [0.15, 0.2) is 0 Å². The third-order valence-electron chi connectivity index (χ3n) is 3.86. The van der Waals surface area contributed by atoms with E-state index in [1.165, 1.54) is 0 Å². The van der Waals surface area contributed by atoms with Crippen LogP contribution in [0.15, 0.2) is 17.1 Å². The Kier molecular flexibility index (Phi) is 7.32. The van der Waals surface area contributed by atoms with E-state index in [4.69, 9.17) is 22.8 Å². The number of nitrogens with zero attached hydrogens (tertiary/aromatic N) is 2. The normalized spacial score (nSPS) is 22.7. The summed E-state index contributed by atoms with van der Waals surface area (Å²) < 4.78 is 28.5. The van der Waals surface area contributed by atoms with Crippen LogP contribution in [0.1, 0.15) is 34.1 Å². The first-order chi connectivity index (χ1) is 12.5. The van der Waals surface area contributed by atoms with E-state index in [1.54, 1.807) is 4.90 Å². The van der Waals surface area contributed by atoms with E-state index in [-0.39, 0.29) is 18.2 Å². The zero-order valence-corrected chi connectivity index (χ0v) is 16.6. The van der Waals surface area contributed by atoms with Gasteiger partial charge in [0.25, 0.3) is 6.02 Å². The molecule has 2 rings (SSSR count). The molecular formula is C16H26N2O7Si. The van der Waals surface area contributed by atoms with E-state index < -0.39 is 27.0 Å². The smallest absolute Gasteiger partial charge is 0.434 e. The van der Waals surface area contributed by atoms with Crippen molar-refractivity contribution in [1.82, 2.24) is 4.90 Å². The van der Waals surface area contributed by atoms with E-state index >= 15 is 0 Å². The number of rotatable bonds is 9. The van der Waals surface area contributed by atoms with Crippen LogP contribution in [0.5, 0.6) is 0 Å². The highest BCUT2D eigenvalue weighted by molar-refractivity contribution is 6.62. The molecule has 2 aliphatic heterocycles. The van der Waals surface area contributed by atoms with Crippen LogP contribution in [-0.2, 0) is 32.3 Å². The Bertz CT molecular complexity index is 564. The molecule has 0 saturated carbocycles. The van der Waals surface area contributed by atoms with Crippen molar-refractivity contribution in [1.29, 1.82) is 0 Å². The second-order valence-electron chi connectivity index (χ2n) is 5.54. The first kappa shape index (κ1) is 20.6. The number of esters is 2. The number of hydrogen-bond donors (Lipinski definition) is 0. The second kappa shape index (κ2) is 9.26. The zero-order valence-electron chi connectivity index (χ0n) is 15.6. The fourth-order valence-corrected chi connectivity index (χ4v) is 6.14. The van der Waals surface area contributed by atoms with Crippen molar-refractivity contribution in [3.63, 3.8) is 0 Å². The highest BCUT2D eigenvalue weighted by Crippen LogP contribution is 2.27. The van der Waals surface area contributed by atoms with Gasteiger partial charge in [-0.2, -0.15) is 4.99 Å². The van der Waals surface area contributed by atoms with E-state index in [0.29, 0.717) is 26.2 Å². The van der Waals surface area contributed by atoms with Crippen molar-refractivity contribution in [3.05, 3.63) is 12.2 Å². The van der Waals surface area contributed by atoms with Gasteiger partial charge in [-0.05, 0) is 27.2 Å². The van der Waals surface area contributed by atoms with Crippen LogP contribution in [0.25, 0.3) is 0 Å². The molecule has 0 aromatic rings. The van der Waals surface area contributed by atoms with E-state index in [0.717, 1.165) is 12.2 Å². The minimum Gasteiger partial charge on any atom is -0.434 e. The second-order valence-corrected chi connectivity index (χ2v) is 8.28. The van der Waals surface area contributed by atoms with Gasteiger partial charge in [0.2, 0.25) is 6.23 Å². The lowest BCUT2D eigenvalue weighted by Crippen LogP contribution is -2.64. The van der Waals surface area contributed by atoms with Gasteiger partial charge in [-0.25, -0.2) is 9.59 Å². The molecule has 10 heteroatoms. The van der Waals surface area contributed by atoms with Gasteiger partial charge >= 0.3 is 20.7 Å². The molecule has 0 amide bonds. The molecule has 0 fully saturated rings. The van der Waals surface area contributed by atoms with Gasteiger partial charge in [-0.15, -0.1) is 0 Å². The van der Waals surface area contributed by atoms with E-state index in [2.05, 4.69) is 4.99 Å². The summed E-state index contributed by atoms with van der Waals surface area (Å²) in [5.41, 5.74) is -0.332. The van der Waals surface area contributed by atoms with Crippen molar-refractivity contribution < 1.29 is 32.3 Å². The summed E-state index contributed by atoms with van der Waals surface area (Å²) >= 11 is 0. The molecule has 146 valence electrons. The van der Waals surface area contributed by atoms with Gasteiger partial charge < -0.3 is 27.7 Å². The molecule has 26 heavy (non-hydrogen) atoms. The monoisotopic (exact) mass is 386 g/mol. The third kappa shape index (κ3) is 4.50. The first-order valence-electron chi connectivity index (χ1n) is 8.86. The number of amidine groups is 1. The highest BCUT2D eigenvalue weighted by atomic mass is 28.4. The fourth-order valence-electron chi connectivity index (χ4n) is 3.01. The average molecular weight is 386 g/mol. The minimum atomic E-state index is -3.14. The summed E-state index contributed by atoms with van der Waals surface area (Å²) in [6.45, 7) is 9.09. The Morgan fingerprint density at radius 3 is 2.23 bits per heavy atom. The maximum Gasteiger partial charge on any atom is 0.524 e. The molecule has 0 spiro atoms. The van der Waals surface area contributed by atoms with Crippen LogP contribution >= 0.6 is 0 Å². The Morgan fingerprint density at radius 1 is 1.12 bits per heavy atom. The van der Waals surface area contributed by atoms with Crippen LogP contribution in [0, 0.1) is 0 Å². The number of hydrogen-bond acceptors (Lipinski definition) is 9. The summed E-state index contributed by atoms with van der Waals surface area (Å²) in [5.74, 6) is -1.34. The standard InChI is InChI=1S/C16H26N2O7Si/c1-5-13(26(21-6-2,22-7-3)23-8-4)18-11-12-17-16(18)25-15(20)10-9-14(19)24-12/h9-10,12-13H,5-8,11H2,1-4H3/b10-9-. The number of carbonyl (C=O) groups is 2. The molecule has 9 nitrogen and oxygen atoms in total. The largest absolute Gasteiger partial charge is 0.524 e. The highest BCUT2D eigenvalue weighted by Gasteiger charge is 2.54. The molecule has 0 saturated heterocycles. The Morgan fingerprint density at radius 2 is 1.69 bits per heavy atom. The Labute approximate surface area is 154 Å². The average Bonchev–Trinajstić information content (AvgIpc) is 2.98. The van der Waals surface area contributed by atoms with Gasteiger partial charge in [0.05, 0.1) is 6.54 Å². The Balaban J connectivity index is 2.35.